The van der Waals surface area contributed by atoms with Crippen LogP contribution in [0.15, 0.2) is 29.4 Å². The van der Waals surface area contributed by atoms with Gasteiger partial charge in [0, 0.05) is 5.75 Å². The van der Waals surface area contributed by atoms with Crippen LogP contribution in [0, 0.1) is 5.82 Å². The van der Waals surface area contributed by atoms with Gasteiger partial charge in [-0.2, -0.15) is 5.10 Å². The van der Waals surface area contributed by atoms with E-state index in [4.69, 9.17) is 11.6 Å². The van der Waals surface area contributed by atoms with Crippen LogP contribution < -0.4 is 11.6 Å². The first-order valence-electron chi connectivity index (χ1n) is 3.63. The Hall–Kier alpha value is -1.23. The molecular formula is C8H10FN3S. The summed E-state index contributed by atoms with van der Waals surface area (Å²) < 4.78 is 12.5. The molecule has 0 fully saturated rings. The molecule has 0 heterocycles. The minimum atomic E-state index is -0.241. The van der Waals surface area contributed by atoms with Crippen molar-refractivity contribution in [2.45, 2.75) is 5.75 Å². The van der Waals surface area contributed by atoms with E-state index in [0.29, 0.717) is 10.9 Å². The third-order valence-electron chi connectivity index (χ3n) is 1.43. The molecule has 0 unspecified atom stereocenters. The second-order valence-corrected chi connectivity index (χ2v) is 3.38. The van der Waals surface area contributed by atoms with Gasteiger partial charge in [-0.05, 0) is 17.7 Å². The van der Waals surface area contributed by atoms with E-state index >= 15 is 0 Å². The van der Waals surface area contributed by atoms with Crippen molar-refractivity contribution in [3.05, 3.63) is 35.6 Å². The summed E-state index contributed by atoms with van der Waals surface area (Å²) in [6.45, 7) is 0. The van der Waals surface area contributed by atoms with Gasteiger partial charge in [-0.25, -0.2) is 4.39 Å². The number of amidine groups is 1. The first kappa shape index (κ1) is 9.85. The van der Waals surface area contributed by atoms with Gasteiger partial charge in [0.05, 0.1) is 0 Å². The quantitative estimate of drug-likeness (QED) is 0.326. The molecule has 1 rings (SSSR count). The second kappa shape index (κ2) is 4.71. The number of benzene rings is 1. The summed E-state index contributed by atoms with van der Waals surface area (Å²) in [6, 6.07) is 6.22. The van der Waals surface area contributed by atoms with Crippen molar-refractivity contribution in [1.82, 2.24) is 0 Å². The van der Waals surface area contributed by atoms with Crippen LogP contribution in [0.5, 0.6) is 0 Å². The van der Waals surface area contributed by atoms with Gasteiger partial charge in [0.15, 0.2) is 5.17 Å². The molecule has 0 aliphatic carbocycles. The normalized spacial score (nSPS) is 11.6. The van der Waals surface area contributed by atoms with Gasteiger partial charge >= 0.3 is 0 Å². The van der Waals surface area contributed by atoms with Crippen molar-refractivity contribution in [3.8, 4) is 0 Å². The third-order valence-corrected chi connectivity index (χ3v) is 2.31. The Bertz CT molecular complexity index is 297. The molecule has 3 nitrogen and oxygen atoms in total. The zero-order chi connectivity index (χ0) is 9.68. The van der Waals surface area contributed by atoms with E-state index in [2.05, 4.69) is 5.10 Å². The number of nitrogens with two attached hydrogens (primary N) is 2. The van der Waals surface area contributed by atoms with Crippen LogP contribution in [0.1, 0.15) is 5.56 Å². The molecule has 0 spiro atoms. The molecule has 1 aromatic rings. The highest BCUT2D eigenvalue weighted by molar-refractivity contribution is 8.13. The van der Waals surface area contributed by atoms with Crippen molar-refractivity contribution in [3.63, 3.8) is 0 Å². The van der Waals surface area contributed by atoms with E-state index in [-0.39, 0.29) is 5.82 Å². The van der Waals surface area contributed by atoms with Gasteiger partial charge in [0.1, 0.15) is 5.82 Å². The fraction of sp³-hybridized carbons (Fsp3) is 0.125. The average molecular weight is 199 g/mol. The molecule has 0 aromatic heterocycles. The maximum Gasteiger partial charge on any atom is 0.177 e. The molecule has 1 aromatic carbocycles. The number of thioether (sulfide) groups is 1. The summed E-state index contributed by atoms with van der Waals surface area (Å²) in [5, 5.41) is 3.63. The highest BCUT2D eigenvalue weighted by Gasteiger charge is 1.96. The van der Waals surface area contributed by atoms with Crippen molar-refractivity contribution in [2.75, 3.05) is 0 Å². The van der Waals surface area contributed by atoms with E-state index in [1.54, 1.807) is 12.1 Å². The minimum Gasteiger partial charge on any atom is -0.377 e. The summed E-state index contributed by atoms with van der Waals surface area (Å²) in [4.78, 5) is 0. The predicted molar refractivity (Wildman–Crippen MR) is 53.5 cm³/mol. The Morgan fingerprint density at radius 3 is 2.54 bits per heavy atom. The average Bonchev–Trinajstić information content (AvgIpc) is 2.16. The van der Waals surface area contributed by atoms with Gasteiger partial charge in [-0.1, -0.05) is 23.9 Å². The summed E-state index contributed by atoms with van der Waals surface area (Å²) in [5.74, 6) is 5.35. The molecule has 4 N–H and O–H groups in total. The van der Waals surface area contributed by atoms with E-state index in [0.717, 1.165) is 5.56 Å². The summed E-state index contributed by atoms with van der Waals surface area (Å²) in [5.41, 5.74) is 6.35. The van der Waals surface area contributed by atoms with Gasteiger partial charge in [-0.15, -0.1) is 0 Å². The summed E-state index contributed by atoms with van der Waals surface area (Å²) in [7, 11) is 0. The predicted octanol–water partition coefficient (Wildman–Crippen LogP) is 1.25. The molecule has 0 amide bonds. The number of halogens is 1. The van der Waals surface area contributed by atoms with E-state index in [1.165, 1.54) is 23.9 Å². The molecule has 0 bridgehead atoms. The van der Waals surface area contributed by atoms with E-state index in [9.17, 15) is 4.39 Å². The fourth-order valence-corrected chi connectivity index (χ4v) is 1.36. The fourth-order valence-electron chi connectivity index (χ4n) is 0.775. The molecular weight excluding hydrogens is 189 g/mol. The minimum absolute atomic E-state index is 0.241. The topological polar surface area (TPSA) is 64.4 Å². The Morgan fingerprint density at radius 2 is 2.00 bits per heavy atom. The van der Waals surface area contributed by atoms with Crippen LogP contribution >= 0.6 is 11.8 Å². The largest absolute Gasteiger partial charge is 0.377 e. The maximum absolute atomic E-state index is 12.5. The van der Waals surface area contributed by atoms with Gasteiger partial charge in [-0.3, -0.25) is 0 Å². The summed E-state index contributed by atoms with van der Waals surface area (Å²) >= 11 is 1.32. The third kappa shape index (κ3) is 3.33. The zero-order valence-electron chi connectivity index (χ0n) is 6.90. The molecule has 70 valence electrons. The molecule has 5 heteroatoms. The van der Waals surface area contributed by atoms with Crippen molar-refractivity contribution < 1.29 is 4.39 Å². The van der Waals surface area contributed by atoms with Crippen LogP contribution in [0.25, 0.3) is 0 Å². The Kier molecular flexibility index (Phi) is 3.57. The molecule has 0 atom stereocenters. The number of hydrazone groups is 1. The second-order valence-electron chi connectivity index (χ2n) is 2.38. The lowest BCUT2D eigenvalue weighted by molar-refractivity contribution is 0.627. The molecule has 0 radical (unpaired) electrons. The lowest BCUT2D eigenvalue weighted by atomic mass is 10.2. The van der Waals surface area contributed by atoms with E-state index in [1.807, 2.05) is 0 Å². The van der Waals surface area contributed by atoms with Crippen LogP contribution in [0.4, 0.5) is 4.39 Å². The Morgan fingerprint density at radius 1 is 1.38 bits per heavy atom. The lowest BCUT2D eigenvalue weighted by Gasteiger charge is -1.99. The van der Waals surface area contributed by atoms with Crippen molar-refractivity contribution in [1.29, 1.82) is 0 Å². The number of nitrogens with zero attached hydrogens (tertiary/aromatic N) is 1. The molecule has 0 saturated heterocycles. The van der Waals surface area contributed by atoms with Gasteiger partial charge < -0.3 is 11.6 Å². The smallest absolute Gasteiger partial charge is 0.177 e. The standard InChI is InChI=1S/C8H10FN3S/c9-7-3-1-6(2-4-7)5-13-8(10)12-11/h1-4H,5,11H2,(H2,10,12). The molecule has 0 aliphatic rings. The van der Waals surface area contributed by atoms with Crippen LogP contribution in [-0.2, 0) is 5.75 Å². The van der Waals surface area contributed by atoms with Gasteiger partial charge in [0.25, 0.3) is 0 Å². The number of rotatable bonds is 2. The molecule has 13 heavy (non-hydrogen) atoms. The van der Waals surface area contributed by atoms with Crippen LogP contribution in [0.3, 0.4) is 0 Å². The molecule has 0 saturated carbocycles. The lowest BCUT2D eigenvalue weighted by Crippen LogP contribution is -2.09. The van der Waals surface area contributed by atoms with E-state index < -0.39 is 0 Å². The monoisotopic (exact) mass is 199 g/mol. The number of hydrogen-bond acceptors (Lipinski definition) is 3. The Labute approximate surface area is 80.0 Å². The van der Waals surface area contributed by atoms with Crippen LogP contribution in [-0.4, -0.2) is 5.17 Å². The van der Waals surface area contributed by atoms with Gasteiger partial charge in [0.2, 0.25) is 0 Å². The van der Waals surface area contributed by atoms with Crippen molar-refractivity contribution in [2.24, 2.45) is 16.7 Å². The van der Waals surface area contributed by atoms with Crippen molar-refractivity contribution >= 4 is 16.9 Å². The highest BCUT2D eigenvalue weighted by Crippen LogP contribution is 2.11. The first-order valence-corrected chi connectivity index (χ1v) is 4.61. The zero-order valence-corrected chi connectivity index (χ0v) is 7.72. The molecule has 0 aliphatic heterocycles. The number of hydrogen-bond donors (Lipinski definition) is 2. The maximum atomic E-state index is 12.5. The highest BCUT2D eigenvalue weighted by atomic mass is 32.2. The summed E-state index contributed by atoms with van der Waals surface area (Å²) in [6.07, 6.45) is 0. The van der Waals surface area contributed by atoms with Crippen LogP contribution in [0.2, 0.25) is 0 Å². The SMILES string of the molecule is NN=C(N)SCc1ccc(F)cc1. The Balaban J connectivity index is 2.51. The first-order chi connectivity index (χ1) is 6.22.